The second-order valence-electron chi connectivity index (χ2n) is 5.72. The molecule has 128 valence electrons. The van der Waals surface area contributed by atoms with E-state index in [4.69, 9.17) is 6.64 Å². The van der Waals surface area contributed by atoms with Gasteiger partial charge in [-0.15, -0.1) is 0 Å². The second kappa shape index (κ2) is 8.61. The number of rotatable bonds is 1. The Morgan fingerprint density at radius 2 is 1.36 bits per heavy atom. The van der Waals surface area contributed by atoms with Crippen molar-refractivity contribution in [2.45, 2.75) is 19.8 Å². The van der Waals surface area contributed by atoms with E-state index in [0.29, 0.717) is 0 Å². The van der Waals surface area contributed by atoms with E-state index < -0.39 is 19.9 Å². The number of hydrogen-bond donors (Lipinski definition) is 0. The molecule has 0 N–H and O–H groups in total. The first-order valence-electron chi connectivity index (χ1n) is 7.57. The molecule has 0 spiro atoms. The largest absolute Gasteiger partial charge is 1.00 e. The Labute approximate surface area is 174 Å². The standard InChI is InChI=1S/C19H18O2S.2ClH.Ti/c1-12-6-3-8-14(18(12)20)17(16-10-5-11-22-16)15-9-4-7-13(2)19(15)21;;;/h3-11,17,20-21H,1-2H3;2*1H;/q;;;+4/p-4. The fourth-order valence-electron chi connectivity index (χ4n) is 3.12. The van der Waals surface area contributed by atoms with Crippen LogP contribution in [0.15, 0.2) is 53.9 Å². The molecule has 0 bridgehead atoms. The summed E-state index contributed by atoms with van der Waals surface area (Å²) in [5.41, 5.74) is 4.83. The molecule has 0 atom stereocenters. The molecule has 0 fully saturated rings. The first-order valence-corrected chi connectivity index (χ1v) is 9.72. The molecule has 6 heteroatoms. The molecule has 0 radical (unpaired) electrons. The first-order chi connectivity index (χ1) is 11.3. The van der Waals surface area contributed by atoms with Crippen molar-refractivity contribution in [2.75, 3.05) is 0 Å². The minimum absolute atomic E-state index is 0. The number of fused-ring (bicyclic) bond motifs is 2. The number of halogens is 2. The van der Waals surface area contributed by atoms with Gasteiger partial charge in [-0.3, -0.25) is 0 Å². The molecule has 0 amide bonds. The molecule has 0 saturated carbocycles. The van der Waals surface area contributed by atoms with E-state index in [9.17, 15) is 0 Å². The van der Waals surface area contributed by atoms with E-state index in [-0.39, 0.29) is 30.7 Å². The van der Waals surface area contributed by atoms with Crippen molar-refractivity contribution in [3.63, 3.8) is 0 Å². The van der Waals surface area contributed by atoms with E-state index in [1.807, 2.05) is 0 Å². The summed E-state index contributed by atoms with van der Waals surface area (Å²) in [6.45, 7) is 4.21. The van der Waals surface area contributed by atoms with Gasteiger partial charge in [0.05, 0.1) is 0 Å². The summed E-state index contributed by atoms with van der Waals surface area (Å²) in [6.07, 6.45) is 0. The maximum absolute atomic E-state index is 6.11. The summed E-state index contributed by atoms with van der Waals surface area (Å²) in [4.78, 5) is 1.32. The van der Waals surface area contributed by atoms with Gasteiger partial charge < -0.3 is 24.8 Å². The average Bonchev–Trinajstić information content (AvgIpc) is 3.04. The second-order valence-corrected chi connectivity index (χ2v) is 7.60. The van der Waals surface area contributed by atoms with Crippen molar-refractivity contribution >= 4 is 11.3 Å². The molecule has 2 nitrogen and oxygen atoms in total. The minimum atomic E-state index is -0.961. The Morgan fingerprint density at radius 1 is 0.800 bits per heavy atom. The van der Waals surface area contributed by atoms with Gasteiger partial charge in [0.15, 0.2) is 0 Å². The minimum Gasteiger partial charge on any atom is -1.00 e. The smallest absolute Gasteiger partial charge is 1.00 e. The zero-order valence-electron chi connectivity index (χ0n) is 13.8. The summed E-state index contributed by atoms with van der Waals surface area (Å²) in [5, 5.41) is 2.13. The Hall–Kier alpha value is -0.966. The number of thiophene rings is 1. The first kappa shape index (κ1) is 20.3. The van der Waals surface area contributed by atoms with E-state index in [1.54, 1.807) is 11.3 Å². The van der Waals surface area contributed by atoms with Gasteiger partial charge in [0, 0.05) is 0 Å². The molecule has 3 aromatic rings. The average molecular weight is 427 g/mol. The molecule has 1 aliphatic rings. The van der Waals surface area contributed by atoms with Gasteiger partial charge in [-0.05, 0) is 0 Å². The molecule has 0 unspecified atom stereocenters. The van der Waals surface area contributed by atoms with Crippen LogP contribution >= 0.6 is 11.3 Å². The number of benzene rings is 2. The van der Waals surface area contributed by atoms with Gasteiger partial charge in [0.2, 0.25) is 0 Å². The third-order valence-electron chi connectivity index (χ3n) is 4.22. The summed E-state index contributed by atoms with van der Waals surface area (Å²) >= 11 is 0.823. The quantitative estimate of drug-likeness (QED) is 0.476. The topological polar surface area (TPSA) is 18.5 Å². The Kier molecular flexibility index (Phi) is 7.01. The molecule has 0 aliphatic carbocycles. The molecule has 2 aromatic carbocycles. The van der Waals surface area contributed by atoms with Crippen LogP contribution in [-0.4, -0.2) is 0 Å². The molecule has 0 saturated heterocycles. The predicted octanol–water partition coefficient (Wildman–Crippen LogP) is -0.763. The van der Waals surface area contributed by atoms with Crippen molar-refractivity contribution in [1.82, 2.24) is 0 Å². The number of para-hydroxylation sites is 2. The Bertz CT molecular complexity index is 799. The van der Waals surface area contributed by atoms with Crippen LogP contribution in [0.4, 0.5) is 0 Å². The van der Waals surface area contributed by atoms with Gasteiger partial charge >= 0.3 is 150 Å². The Morgan fingerprint density at radius 3 is 1.84 bits per heavy atom. The molecular weight excluding hydrogens is 411 g/mol. The number of hydrogen-bond acceptors (Lipinski definition) is 3. The monoisotopic (exact) mass is 426 g/mol. The molecule has 1 aromatic heterocycles. The summed E-state index contributed by atoms with van der Waals surface area (Å²) in [5.74, 6) is 2.16. The summed E-state index contributed by atoms with van der Waals surface area (Å²) in [7, 11) is 0. The fraction of sp³-hybridized carbons (Fsp3) is 0.158. The maximum atomic E-state index is 6.11. The van der Waals surface area contributed by atoms with Gasteiger partial charge in [-0.25, -0.2) is 0 Å². The molecule has 2 heterocycles. The zero-order valence-corrected chi connectivity index (χ0v) is 17.6. The fourth-order valence-corrected chi connectivity index (χ4v) is 5.18. The van der Waals surface area contributed by atoms with E-state index in [1.165, 1.54) is 27.1 Å². The van der Waals surface area contributed by atoms with Gasteiger partial charge in [0.25, 0.3) is 0 Å². The normalized spacial score (nSPS) is 12.2. The summed E-state index contributed by atoms with van der Waals surface area (Å²) < 4.78 is 12.2. The van der Waals surface area contributed by atoms with Crippen molar-refractivity contribution in [3.05, 3.63) is 81.0 Å². The molecule has 25 heavy (non-hydrogen) atoms. The SMILES string of the molecule is Cc1cccc2c1[O][Ti+2][O]c1c(C)cccc1C2c1cccs1.[Cl-].[Cl-]. The summed E-state index contributed by atoms with van der Waals surface area (Å²) in [6, 6.07) is 17.1. The van der Waals surface area contributed by atoms with Crippen LogP contribution in [0, 0.1) is 13.8 Å². The molecular formula is C19H16Cl2O2STi. The van der Waals surface area contributed by atoms with Crippen LogP contribution < -0.4 is 31.5 Å². The van der Waals surface area contributed by atoms with Gasteiger partial charge in [-0.2, -0.15) is 0 Å². The zero-order chi connectivity index (χ0) is 15.8. The van der Waals surface area contributed by atoms with Crippen molar-refractivity contribution in [1.29, 1.82) is 0 Å². The van der Waals surface area contributed by atoms with Crippen LogP contribution in [0.25, 0.3) is 0 Å². The van der Waals surface area contributed by atoms with Gasteiger partial charge in [-0.1, -0.05) is 0 Å². The number of aryl methyl sites for hydroxylation is 2. The van der Waals surface area contributed by atoms with Crippen LogP contribution in [0.1, 0.15) is 33.0 Å². The van der Waals surface area contributed by atoms with Crippen LogP contribution in [0.5, 0.6) is 11.5 Å². The molecule has 1 aliphatic heterocycles. The third kappa shape index (κ3) is 3.76. The van der Waals surface area contributed by atoms with Crippen molar-refractivity contribution < 1.29 is 51.4 Å². The predicted molar refractivity (Wildman–Crippen MR) is 88.9 cm³/mol. The maximum Gasteiger partial charge on any atom is -1.00 e. The van der Waals surface area contributed by atoms with Crippen LogP contribution in [-0.2, 0) is 19.9 Å². The molecule has 4 rings (SSSR count). The van der Waals surface area contributed by atoms with Gasteiger partial charge in [0.1, 0.15) is 0 Å². The van der Waals surface area contributed by atoms with Crippen LogP contribution in [0.3, 0.4) is 0 Å². The van der Waals surface area contributed by atoms with E-state index >= 15 is 0 Å². The third-order valence-corrected chi connectivity index (χ3v) is 6.06. The van der Waals surface area contributed by atoms with E-state index in [0.717, 1.165) is 11.5 Å². The van der Waals surface area contributed by atoms with Crippen molar-refractivity contribution in [3.8, 4) is 11.5 Å². The Balaban J connectivity index is 0.00000113. The van der Waals surface area contributed by atoms with Crippen molar-refractivity contribution in [2.24, 2.45) is 0 Å². The van der Waals surface area contributed by atoms with Crippen LogP contribution in [0.2, 0.25) is 0 Å². The van der Waals surface area contributed by atoms with E-state index in [2.05, 4.69) is 67.8 Å².